The number of aliphatic carboxylic acids is 1. The fraction of sp³-hybridized carbons (Fsp3) is 0.0714. The van der Waals surface area contributed by atoms with Gasteiger partial charge in [-0.1, -0.05) is 12.1 Å². The number of carbonyl (C=O) groups excluding carboxylic acids is 1. The number of carboxylic acid groups (broad SMARTS) is 1. The van der Waals surface area contributed by atoms with Gasteiger partial charge in [0.1, 0.15) is 5.75 Å². The lowest BCUT2D eigenvalue weighted by Crippen LogP contribution is -2.17. The molecule has 21 heavy (non-hydrogen) atoms. The van der Waals surface area contributed by atoms with Gasteiger partial charge in [0.05, 0.1) is 12.5 Å². The predicted octanol–water partition coefficient (Wildman–Crippen LogP) is 1.51. The summed E-state index contributed by atoms with van der Waals surface area (Å²) < 4.78 is 10.0. The summed E-state index contributed by atoms with van der Waals surface area (Å²) >= 11 is 0. The Bertz CT molecular complexity index is 649. The molecule has 7 heteroatoms. The molecule has 1 aromatic carbocycles. The molecule has 2 rings (SSSR count). The Balaban J connectivity index is 2.00. The van der Waals surface area contributed by atoms with Crippen molar-refractivity contribution in [2.75, 3.05) is 6.61 Å². The van der Waals surface area contributed by atoms with E-state index in [1.807, 2.05) is 0 Å². The van der Waals surface area contributed by atoms with E-state index in [0.717, 1.165) is 0 Å². The molecule has 7 nitrogen and oxygen atoms in total. The van der Waals surface area contributed by atoms with Gasteiger partial charge in [0.25, 0.3) is 0 Å². The molecule has 0 atom stereocenters. The van der Waals surface area contributed by atoms with Crippen molar-refractivity contribution in [1.82, 2.24) is 5.43 Å². The molecule has 0 bridgehead atoms. The molecule has 1 heterocycles. The standard InChI is InChI=1S/C14H12N2O5/c17-13(18)9-21-11-5-2-1-4-10(11)8-15-16-14(19)12-6-3-7-20-12/h1-8H,9H2,(H,16,19)(H,17,18)/b15-8-. The van der Waals surface area contributed by atoms with E-state index in [2.05, 4.69) is 10.5 Å². The molecular formula is C14H12N2O5. The summed E-state index contributed by atoms with van der Waals surface area (Å²) in [4.78, 5) is 22.1. The highest BCUT2D eigenvalue weighted by molar-refractivity contribution is 5.92. The van der Waals surface area contributed by atoms with Gasteiger partial charge in [-0.25, -0.2) is 10.2 Å². The number of ether oxygens (including phenoxy) is 1. The van der Waals surface area contributed by atoms with Crippen LogP contribution in [0.15, 0.2) is 52.2 Å². The van der Waals surface area contributed by atoms with Gasteiger partial charge in [-0.3, -0.25) is 4.79 Å². The lowest BCUT2D eigenvalue weighted by molar-refractivity contribution is -0.139. The molecule has 0 aliphatic rings. The molecule has 0 unspecified atom stereocenters. The number of hydrogen-bond donors (Lipinski definition) is 2. The average Bonchev–Trinajstić information content (AvgIpc) is 3.00. The second-order valence-corrected chi connectivity index (χ2v) is 3.90. The van der Waals surface area contributed by atoms with E-state index < -0.39 is 18.5 Å². The first kappa shape index (κ1) is 14.3. The number of furan rings is 1. The van der Waals surface area contributed by atoms with Crippen molar-refractivity contribution in [2.24, 2.45) is 5.10 Å². The zero-order chi connectivity index (χ0) is 15.1. The van der Waals surface area contributed by atoms with Gasteiger partial charge in [0.15, 0.2) is 12.4 Å². The van der Waals surface area contributed by atoms with Gasteiger partial charge in [0, 0.05) is 5.56 Å². The quantitative estimate of drug-likeness (QED) is 0.619. The summed E-state index contributed by atoms with van der Waals surface area (Å²) in [6.45, 7) is -0.455. The number of carbonyl (C=O) groups is 2. The molecule has 0 aliphatic carbocycles. The second-order valence-electron chi connectivity index (χ2n) is 3.90. The Kier molecular flexibility index (Phi) is 4.70. The topological polar surface area (TPSA) is 101 Å². The maximum Gasteiger partial charge on any atom is 0.341 e. The molecule has 0 spiro atoms. The van der Waals surface area contributed by atoms with E-state index in [1.54, 1.807) is 30.3 Å². The third kappa shape index (κ3) is 4.20. The van der Waals surface area contributed by atoms with Gasteiger partial charge in [-0.05, 0) is 24.3 Å². The van der Waals surface area contributed by atoms with Gasteiger partial charge in [0.2, 0.25) is 0 Å². The number of hydrogen-bond acceptors (Lipinski definition) is 5. The molecule has 0 saturated heterocycles. The molecule has 1 amide bonds. The van der Waals surface area contributed by atoms with E-state index in [9.17, 15) is 9.59 Å². The van der Waals surface area contributed by atoms with Crippen molar-refractivity contribution in [2.45, 2.75) is 0 Å². The third-order valence-corrected chi connectivity index (χ3v) is 2.38. The summed E-state index contributed by atoms with van der Waals surface area (Å²) in [5.41, 5.74) is 2.83. The number of hydrazone groups is 1. The van der Waals surface area contributed by atoms with Crippen LogP contribution in [0.4, 0.5) is 0 Å². The minimum Gasteiger partial charge on any atom is -0.481 e. The Morgan fingerprint density at radius 3 is 2.81 bits per heavy atom. The zero-order valence-electron chi connectivity index (χ0n) is 10.9. The van der Waals surface area contributed by atoms with Crippen LogP contribution in [0.2, 0.25) is 0 Å². The van der Waals surface area contributed by atoms with Gasteiger partial charge in [-0.15, -0.1) is 0 Å². The molecule has 0 fully saturated rings. The van der Waals surface area contributed by atoms with Crippen molar-refractivity contribution in [1.29, 1.82) is 0 Å². The zero-order valence-corrected chi connectivity index (χ0v) is 10.9. The average molecular weight is 288 g/mol. The van der Waals surface area contributed by atoms with Crippen LogP contribution in [0.3, 0.4) is 0 Å². The highest BCUT2D eigenvalue weighted by Gasteiger charge is 2.07. The number of benzene rings is 1. The lowest BCUT2D eigenvalue weighted by atomic mass is 10.2. The second kappa shape index (κ2) is 6.90. The summed E-state index contributed by atoms with van der Waals surface area (Å²) in [7, 11) is 0. The maximum absolute atomic E-state index is 11.6. The number of nitrogens with one attached hydrogen (secondary N) is 1. The Hall–Kier alpha value is -3.09. The lowest BCUT2D eigenvalue weighted by Gasteiger charge is -2.05. The number of rotatable bonds is 6. The summed E-state index contributed by atoms with van der Waals surface area (Å²) in [5.74, 6) is -1.06. The van der Waals surface area contributed by atoms with Gasteiger partial charge in [-0.2, -0.15) is 5.10 Å². The monoisotopic (exact) mass is 288 g/mol. The molecule has 108 valence electrons. The number of carboxylic acids is 1. The van der Waals surface area contributed by atoms with E-state index >= 15 is 0 Å². The largest absolute Gasteiger partial charge is 0.481 e. The number of para-hydroxylation sites is 1. The van der Waals surface area contributed by atoms with Crippen molar-refractivity contribution < 1.29 is 23.8 Å². The molecule has 0 radical (unpaired) electrons. The molecular weight excluding hydrogens is 276 g/mol. The predicted molar refractivity (Wildman–Crippen MR) is 73.3 cm³/mol. The van der Waals surface area contributed by atoms with Crippen LogP contribution < -0.4 is 10.2 Å². The number of nitrogens with zero attached hydrogens (tertiary/aromatic N) is 1. The van der Waals surface area contributed by atoms with Crippen molar-refractivity contribution in [3.63, 3.8) is 0 Å². The summed E-state index contributed by atoms with van der Waals surface area (Å²) in [5, 5.41) is 12.4. The third-order valence-electron chi connectivity index (χ3n) is 2.38. The normalized spacial score (nSPS) is 10.5. The van der Waals surface area contributed by atoms with Crippen molar-refractivity contribution in [3.05, 3.63) is 54.0 Å². The van der Waals surface area contributed by atoms with Crippen LogP contribution in [0, 0.1) is 0 Å². The van der Waals surface area contributed by atoms with E-state index in [1.165, 1.54) is 18.5 Å². The van der Waals surface area contributed by atoms with Crippen LogP contribution >= 0.6 is 0 Å². The fourth-order valence-electron chi connectivity index (χ4n) is 1.48. The molecule has 1 aromatic heterocycles. The van der Waals surface area contributed by atoms with E-state index in [4.69, 9.17) is 14.3 Å². The smallest absolute Gasteiger partial charge is 0.341 e. The molecule has 2 N–H and O–H groups in total. The fourth-order valence-corrected chi connectivity index (χ4v) is 1.48. The molecule has 2 aromatic rings. The van der Waals surface area contributed by atoms with E-state index in [-0.39, 0.29) is 5.76 Å². The first-order valence-corrected chi connectivity index (χ1v) is 5.97. The van der Waals surface area contributed by atoms with Crippen LogP contribution in [0.5, 0.6) is 5.75 Å². The summed E-state index contributed by atoms with van der Waals surface area (Å²) in [6.07, 6.45) is 2.74. The minimum absolute atomic E-state index is 0.141. The Labute approximate surface area is 119 Å². The highest BCUT2D eigenvalue weighted by Crippen LogP contribution is 2.15. The van der Waals surface area contributed by atoms with Crippen LogP contribution in [0.25, 0.3) is 0 Å². The van der Waals surface area contributed by atoms with Crippen LogP contribution in [-0.2, 0) is 4.79 Å². The first-order valence-electron chi connectivity index (χ1n) is 5.97. The summed E-state index contributed by atoms with van der Waals surface area (Å²) in [6, 6.07) is 9.83. The minimum atomic E-state index is -1.08. The van der Waals surface area contributed by atoms with Crippen LogP contribution in [0.1, 0.15) is 16.1 Å². The highest BCUT2D eigenvalue weighted by atomic mass is 16.5. The maximum atomic E-state index is 11.6. The molecule has 0 saturated carbocycles. The SMILES string of the molecule is O=C(O)COc1ccccc1/C=N\NC(=O)c1ccco1. The number of amides is 1. The van der Waals surface area contributed by atoms with Gasteiger partial charge < -0.3 is 14.3 Å². The van der Waals surface area contributed by atoms with Crippen LogP contribution in [-0.4, -0.2) is 29.8 Å². The van der Waals surface area contributed by atoms with E-state index in [0.29, 0.717) is 11.3 Å². The first-order chi connectivity index (χ1) is 10.2. The molecule has 0 aliphatic heterocycles. The van der Waals surface area contributed by atoms with Crippen molar-refractivity contribution >= 4 is 18.1 Å². The Morgan fingerprint density at radius 2 is 2.10 bits per heavy atom. The van der Waals surface area contributed by atoms with Gasteiger partial charge >= 0.3 is 11.9 Å². The van der Waals surface area contributed by atoms with Crippen molar-refractivity contribution in [3.8, 4) is 5.75 Å². The Morgan fingerprint density at radius 1 is 1.29 bits per heavy atom.